The van der Waals surface area contributed by atoms with E-state index in [-0.39, 0.29) is 0 Å². The molecule has 2 N–H and O–H groups in total. The van der Waals surface area contributed by atoms with Crippen molar-refractivity contribution in [2.45, 2.75) is 49.0 Å². The quantitative estimate of drug-likeness (QED) is 0.909. The summed E-state index contributed by atoms with van der Waals surface area (Å²) in [6.45, 7) is 0. The molecular formula is C16H22N2S. The minimum atomic E-state index is 0.607. The molecule has 0 spiro atoms. The zero-order valence-electron chi connectivity index (χ0n) is 11.3. The molecule has 4 aliphatic carbocycles. The fourth-order valence-electron chi connectivity index (χ4n) is 4.97. The molecule has 0 unspecified atom stereocenters. The molecule has 102 valence electrons. The van der Waals surface area contributed by atoms with Gasteiger partial charge in [-0.3, -0.25) is 0 Å². The van der Waals surface area contributed by atoms with Crippen LogP contribution in [0, 0.1) is 17.8 Å². The minimum absolute atomic E-state index is 0.607. The summed E-state index contributed by atoms with van der Waals surface area (Å²) in [6.07, 6.45) is 11.0. The van der Waals surface area contributed by atoms with Crippen LogP contribution in [0.4, 0.5) is 5.82 Å². The van der Waals surface area contributed by atoms with Gasteiger partial charge in [0.1, 0.15) is 5.82 Å². The van der Waals surface area contributed by atoms with Crippen LogP contribution >= 0.6 is 11.8 Å². The van der Waals surface area contributed by atoms with E-state index in [4.69, 9.17) is 5.73 Å². The summed E-state index contributed by atoms with van der Waals surface area (Å²) >= 11 is 2.21. The van der Waals surface area contributed by atoms with Gasteiger partial charge in [0.05, 0.1) is 0 Å². The number of pyridine rings is 1. The van der Waals surface area contributed by atoms with Crippen molar-refractivity contribution in [1.82, 2.24) is 4.98 Å². The minimum Gasteiger partial charge on any atom is -0.384 e. The van der Waals surface area contributed by atoms with Crippen LogP contribution in [0.1, 0.15) is 44.1 Å². The van der Waals surface area contributed by atoms with Gasteiger partial charge in [0.15, 0.2) is 0 Å². The molecule has 5 rings (SSSR count). The number of nitrogen functional groups attached to an aromatic ring is 1. The predicted octanol–water partition coefficient (Wildman–Crippen LogP) is 3.87. The first kappa shape index (κ1) is 12.1. The van der Waals surface area contributed by atoms with Gasteiger partial charge in [0, 0.05) is 16.7 Å². The Balaban J connectivity index is 1.46. The average Bonchev–Trinajstić information content (AvgIpc) is 2.36. The molecule has 1 aromatic rings. The molecule has 0 saturated heterocycles. The van der Waals surface area contributed by atoms with Crippen LogP contribution in [-0.2, 0) is 5.75 Å². The number of thioether (sulfide) groups is 1. The third-order valence-corrected chi connectivity index (χ3v) is 6.96. The Kier molecular flexibility index (Phi) is 2.80. The largest absolute Gasteiger partial charge is 0.384 e. The Morgan fingerprint density at radius 1 is 1.11 bits per heavy atom. The number of hydrogen-bond acceptors (Lipinski definition) is 3. The molecule has 19 heavy (non-hydrogen) atoms. The Morgan fingerprint density at radius 3 is 2.26 bits per heavy atom. The van der Waals surface area contributed by atoms with Gasteiger partial charge in [0.2, 0.25) is 0 Å². The lowest BCUT2D eigenvalue weighted by atomic mass is 9.56. The van der Waals surface area contributed by atoms with Gasteiger partial charge in [-0.15, -0.1) is 0 Å². The SMILES string of the molecule is Nc1ccc(CSC23CC4CC(CC(C4)C2)C3)cn1. The van der Waals surface area contributed by atoms with Gasteiger partial charge >= 0.3 is 0 Å². The van der Waals surface area contributed by atoms with Gasteiger partial charge in [-0.05, 0) is 67.9 Å². The van der Waals surface area contributed by atoms with Crippen molar-refractivity contribution in [2.75, 3.05) is 5.73 Å². The second kappa shape index (κ2) is 4.41. The normalized spacial score (nSPS) is 39.7. The molecule has 0 aliphatic heterocycles. The summed E-state index contributed by atoms with van der Waals surface area (Å²) in [6, 6.07) is 4.06. The van der Waals surface area contributed by atoms with E-state index in [1.807, 2.05) is 12.3 Å². The van der Waals surface area contributed by atoms with Crippen LogP contribution in [0.25, 0.3) is 0 Å². The van der Waals surface area contributed by atoms with Crippen molar-refractivity contribution in [3.63, 3.8) is 0 Å². The summed E-state index contributed by atoms with van der Waals surface area (Å²) in [4.78, 5) is 4.21. The van der Waals surface area contributed by atoms with Crippen LogP contribution in [0.2, 0.25) is 0 Å². The average molecular weight is 274 g/mol. The van der Waals surface area contributed by atoms with Crippen molar-refractivity contribution in [3.8, 4) is 0 Å². The van der Waals surface area contributed by atoms with Gasteiger partial charge in [0.25, 0.3) is 0 Å². The first-order chi connectivity index (χ1) is 9.21. The van der Waals surface area contributed by atoms with Crippen molar-refractivity contribution in [1.29, 1.82) is 0 Å². The predicted molar refractivity (Wildman–Crippen MR) is 80.8 cm³/mol. The summed E-state index contributed by atoms with van der Waals surface area (Å²) in [7, 11) is 0. The van der Waals surface area contributed by atoms with Crippen molar-refractivity contribution < 1.29 is 0 Å². The van der Waals surface area contributed by atoms with E-state index < -0.39 is 0 Å². The molecular weight excluding hydrogens is 252 g/mol. The summed E-state index contributed by atoms with van der Waals surface area (Å²) < 4.78 is 0.607. The third-order valence-electron chi connectivity index (χ3n) is 5.37. The standard InChI is InChI=1S/C16H22N2S/c17-15-2-1-11(9-18-15)10-19-16-6-12-3-13(7-16)5-14(4-12)8-16/h1-2,9,12-14H,3-8,10H2,(H2,17,18). The zero-order valence-corrected chi connectivity index (χ0v) is 12.2. The van der Waals surface area contributed by atoms with Crippen LogP contribution in [0.3, 0.4) is 0 Å². The molecule has 4 saturated carbocycles. The second-order valence-corrected chi connectivity index (χ2v) is 8.42. The van der Waals surface area contributed by atoms with Gasteiger partial charge in [-0.1, -0.05) is 6.07 Å². The Hall–Kier alpha value is -0.700. The molecule has 0 atom stereocenters. The molecule has 4 fully saturated rings. The van der Waals surface area contributed by atoms with E-state index in [0.717, 1.165) is 23.5 Å². The number of nitrogens with zero attached hydrogens (tertiary/aromatic N) is 1. The number of aromatic nitrogens is 1. The van der Waals surface area contributed by atoms with Crippen molar-refractivity contribution >= 4 is 17.6 Å². The Bertz CT molecular complexity index is 433. The van der Waals surface area contributed by atoms with Crippen LogP contribution < -0.4 is 5.73 Å². The molecule has 1 heterocycles. The first-order valence-corrected chi connectivity index (χ1v) is 8.54. The van der Waals surface area contributed by atoms with Gasteiger partial charge in [-0.25, -0.2) is 4.98 Å². The molecule has 0 amide bonds. The number of hydrogen-bond donors (Lipinski definition) is 1. The molecule has 3 heteroatoms. The zero-order chi connectivity index (χ0) is 12.9. The van der Waals surface area contributed by atoms with Crippen LogP contribution in [0.15, 0.2) is 18.3 Å². The van der Waals surface area contributed by atoms with Crippen molar-refractivity contribution in [3.05, 3.63) is 23.9 Å². The topological polar surface area (TPSA) is 38.9 Å². The number of rotatable bonds is 3. The maximum Gasteiger partial charge on any atom is 0.123 e. The smallest absolute Gasteiger partial charge is 0.123 e. The van der Waals surface area contributed by atoms with Crippen LogP contribution in [0.5, 0.6) is 0 Å². The van der Waals surface area contributed by atoms with Gasteiger partial charge in [-0.2, -0.15) is 11.8 Å². The lowest BCUT2D eigenvalue weighted by Gasteiger charge is -2.56. The highest BCUT2D eigenvalue weighted by Gasteiger charge is 2.50. The van der Waals surface area contributed by atoms with E-state index in [1.54, 1.807) is 0 Å². The lowest BCUT2D eigenvalue weighted by Crippen LogP contribution is -2.48. The highest BCUT2D eigenvalue weighted by molar-refractivity contribution is 7.99. The van der Waals surface area contributed by atoms with E-state index in [1.165, 1.54) is 44.1 Å². The fourth-order valence-corrected chi connectivity index (χ4v) is 6.67. The van der Waals surface area contributed by atoms with E-state index in [2.05, 4.69) is 22.8 Å². The molecule has 0 radical (unpaired) electrons. The maximum absolute atomic E-state index is 5.65. The molecule has 0 aromatic carbocycles. The maximum atomic E-state index is 5.65. The molecule has 1 aromatic heterocycles. The summed E-state index contributed by atoms with van der Waals surface area (Å²) in [5.41, 5.74) is 6.98. The summed E-state index contributed by atoms with van der Waals surface area (Å²) in [5, 5.41) is 0. The molecule has 4 aliphatic rings. The van der Waals surface area contributed by atoms with E-state index in [0.29, 0.717) is 10.6 Å². The highest BCUT2D eigenvalue weighted by atomic mass is 32.2. The Labute approximate surface area is 119 Å². The molecule has 4 bridgehead atoms. The Morgan fingerprint density at radius 2 is 1.74 bits per heavy atom. The lowest BCUT2D eigenvalue weighted by molar-refractivity contribution is 0.0383. The number of anilines is 1. The monoisotopic (exact) mass is 274 g/mol. The van der Waals surface area contributed by atoms with Gasteiger partial charge < -0.3 is 5.73 Å². The number of nitrogens with two attached hydrogens (primary N) is 1. The first-order valence-electron chi connectivity index (χ1n) is 7.55. The van der Waals surface area contributed by atoms with Crippen LogP contribution in [-0.4, -0.2) is 9.73 Å². The molecule has 2 nitrogen and oxygen atoms in total. The third kappa shape index (κ3) is 2.26. The van der Waals surface area contributed by atoms with Crippen molar-refractivity contribution in [2.24, 2.45) is 17.8 Å². The highest BCUT2D eigenvalue weighted by Crippen LogP contribution is 2.60. The van der Waals surface area contributed by atoms with E-state index in [9.17, 15) is 0 Å². The second-order valence-electron chi connectivity index (χ2n) is 6.98. The summed E-state index contributed by atoms with van der Waals surface area (Å²) in [5.74, 6) is 4.87. The van der Waals surface area contributed by atoms with E-state index >= 15 is 0 Å². The fraction of sp³-hybridized carbons (Fsp3) is 0.688.